The third-order valence-corrected chi connectivity index (χ3v) is 5.06. The summed E-state index contributed by atoms with van der Waals surface area (Å²) in [5.74, 6) is -0.193. The minimum atomic E-state index is -0.527. The number of ether oxygens (including phenoxy) is 1. The zero-order valence-corrected chi connectivity index (χ0v) is 14.4. The second-order valence-electron chi connectivity index (χ2n) is 6.95. The van der Waals surface area contributed by atoms with Gasteiger partial charge in [0.15, 0.2) is 0 Å². The number of halogens is 1. The number of aliphatic hydroxyl groups is 1. The number of hydrogen-bond acceptors (Lipinski definition) is 4. The fraction of sp³-hybridized carbons (Fsp3) is 0.400. The number of nitrogens with zero attached hydrogens (tertiary/aromatic N) is 2. The van der Waals surface area contributed by atoms with Gasteiger partial charge in [0, 0.05) is 19.3 Å². The van der Waals surface area contributed by atoms with Crippen LogP contribution in [0.1, 0.15) is 47.2 Å². The summed E-state index contributed by atoms with van der Waals surface area (Å²) in [5, 5.41) is 10.1. The minimum Gasteiger partial charge on any atom is -0.471 e. The van der Waals surface area contributed by atoms with Crippen LogP contribution in [0.25, 0.3) is 0 Å². The lowest BCUT2D eigenvalue weighted by Gasteiger charge is -2.28. The first kappa shape index (κ1) is 17.0. The van der Waals surface area contributed by atoms with Crippen molar-refractivity contribution in [2.75, 3.05) is 0 Å². The van der Waals surface area contributed by atoms with Gasteiger partial charge in [-0.25, -0.2) is 9.37 Å². The molecule has 0 radical (unpaired) electrons. The first-order valence-corrected chi connectivity index (χ1v) is 8.98. The van der Waals surface area contributed by atoms with Gasteiger partial charge in [0.25, 0.3) is 5.91 Å². The Bertz CT molecular complexity index is 826. The van der Waals surface area contributed by atoms with Gasteiger partial charge in [0.2, 0.25) is 5.88 Å². The van der Waals surface area contributed by atoms with E-state index in [0.29, 0.717) is 31.0 Å². The zero-order valence-electron chi connectivity index (χ0n) is 14.4. The number of carbonyl (C=O) groups is 1. The smallest absolute Gasteiger partial charge is 0.260 e. The van der Waals surface area contributed by atoms with Crippen LogP contribution in [0.3, 0.4) is 0 Å². The van der Waals surface area contributed by atoms with E-state index in [1.54, 1.807) is 23.2 Å². The van der Waals surface area contributed by atoms with Crippen molar-refractivity contribution in [1.29, 1.82) is 0 Å². The van der Waals surface area contributed by atoms with Crippen LogP contribution in [0.2, 0.25) is 0 Å². The second kappa shape index (κ2) is 7.03. The molecular weight excluding hydrogens is 335 g/mol. The average molecular weight is 356 g/mol. The van der Waals surface area contributed by atoms with Gasteiger partial charge in [-0.3, -0.25) is 4.79 Å². The number of fused-ring (bicyclic) bond motifs is 1. The molecule has 1 aliphatic heterocycles. The number of carbonyl (C=O) groups excluding carboxylic acids is 1. The van der Waals surface area contributed by atoms with Gasteiger partial charge in [-0.05, 0) is 48.6 Å². The SMILES string of the molecule is O=C1c2c(ccnc2O[C@H]2CCCC[C@@H]2O)CN1Cc1cccc(F)c1. The molecule has 2 heterocycles. The van der Waals surface area contributed by atoms with E-state index < -0.39 is 6.10 Å². The molecule has 1 aromatic carbocycles. The highest BCUT2D eigenvalue weighted by molar-refractivity contribution is 6.00. The summed E-state index contributed by atoms with van der Waals surface area (Å²) in [4.78, 5) is 18.8. The van der Waals surface area contributed by atoms with Gasteiger partial charge < -0.3 is 14.7 Å². The van der Waals surface area contributed by atoms with E-state index in [4.69, 9.17) is 4.74 Å². The number of pyridine rings is 1. The molecule has 5 nitrogen and oxygen atoms in total. The molecule has 0 spiro atoms. The quantitative estimate of drug-likeness (QED) is 0.915. The van der Waals surface area contributed by atoms with E-state index >= 15 is 0 Å². The van der Waals surface area contributed by atoms with Crippen molar-refractivity contribution >= 4 is 5.91 Å². The Morgan fingerprint density at radius 1 is 1.27 bits per heavy atom. The predicted molar refractivity (Wildman–Crippen MR) is 93.1 cm³/mol. The molecule has 1 aromatic heterocycles. The third kappa shape index (κ3) is 3.29. The van der Waals surface area contributed by atoms with Crippen molar-refractivity contribution in [2.45, 2.75) is 51.0 Å². The molecule has 0 unspecified atom stereocenters. The average Bonchev–Trinajstić information content (AvgIpc) is 2.94. The summed E-state index contributed by atoms with van der Waals surface area (Å²) in [6.45, 7) is 0.771. The molecule has 1 amide bonds. The van der Waals surface area contributed by atoms with Crippen molar-refractivity contribution < 1.29 is 19.0 Å². The van der Waals surface area contributed by atoms with Crippen LogP contribution >= 0.6 is 0 Å². The van der Waals surface area contributed by atoms with E-state index in [1.807, 2.05) is 6.07 Å². The highest BCUT2D eigenvalue weighted by atomic mass is 19.1. The molecule has 2 aromatic rings. The zero-order chi connectivity index (χ0) is 18.1. The lowest BCUT2D eigenvalue weighted by Crippen LogP contribution is -2.35. The Hall–Kier alpha value is -2.47. The molecule has 2 aliphatic rings. The van der Waals surface area contributed by atoms with Gasteiger partial charge >= 0.3 is 0 Å². The summed E-state index contributed by atoms with van der Waals surface area (Å²) < 4.78 is 19.3. The van der Waals surface area contributed by atoms with E-state index in [0.717, 1.165) is 30.4 Å². The van der Waals surface area contributed by atoms with Crippen LogP contribution < -0.4 is 4.74 Å². The Labute approximate surface area is 151 Å². The number of aromatic nitrogens is 1. The normalized spacial score (nSPS) is 22.4. The van der Waals surface area contributed by atoms with Gasteiger partial charge in [-0.1, -0.05) is 18.6 Å². The summed E-state index contributed by atoms with van der Waals surface area (Å²) in [5.41, 5.74) is 2.05. The van der Waals surface area contributed by atoms with Crippen LogP contribution in [0.15, 0.2) is 36.5 Å². The maximum Gasteiger partial charge on any atom is 0.260 e. The van der Waals surface area contributed by atoms with E-state index in [-0.39, 0.29) is 17.8 Å². The number of amides is 1. The Morgan fingerprint density at radius 2 is 2.12 bits per heavy atom. The molecule has 26 heavy (non-hydrogen) atoms. The van der Waals surface area contributed by atoms with Crippen LogP contribution in [0, 0.1) is 5.82 Å². The van der Waals surface area contributed by atoms with Crippen molar-refractivity contribution in [3.8, 4) is 5.88 Å². The second-order valence-corrected chi connectivity index (χ2v) is 6.95. The first-order chi connectivity index (χ1) is 12.6. The molecule has 0 saturated heterocycles. The largest absolute Gasteiger partial charge is 0.471 e. The van der Waals surface area contributed by atoms with Crippen LogP contribution in [-0.4, -0.2) is 33.1 Å². The van der Waals surface area contributed by atoms with E-state index in [9.17, 15) is 14.3 Å². The Kier molecular flexibility index (Phi) is 4.59. The monoisotopic (exact) mass is 356 g/mol. The summed E-state index contributed by atoms with van der Waals surface area (Å²) >= 11 is 0. The minimum absolute atomic E-state index is 0.169. The highest BCUT2D eigenvalue weighted by Crippen LogP contribution is 2.32. The fourth-order valence-corrected chi connectivity index (χ4v) is 3.71. The van der Waals surface area contributed by atoms with Crippen molar-refractivity contribution in [1.82, 2.24) is 9.88 Å². The van der Waals surface area contributed by atoms with Gasteiger partial charge in [0.1, 0.15) is 17.5 Å². The third-order valence-electron chi connectivity index (χ3n) is 5.06. The van der Waals surface area contributed by atoms with E-state index in [2.05, 4.69) is 4.98 Å². The van der Waals surface area contributed by atoms with Crippen LogP contribution in [0.4, 0.5) is 4.39 Å². The number of hydrogen-bond donors (Lipinski definition) is 1. The summed E-state index contributed by atoms with van der Waals surface area (Å²) in [6.07, 6.45) is 4.22. The number of aliphatic hydroxyl groups excluding tert-OH is 1. The number of rotatable bonds is 4. The Morgan fingerprint density at radius 3 is 2.92 bits per heavy atom. The Balaban J connectivity index is 1.54. The van der Waals surface area contributed by atoms with Crippen LogP contribution in [-0.2, 0) is 13.1 Å². The molecule has 1 fully saturated rings. The lowest BCUT2D eigenvalue weighted by molar-refractivity contribution is 0.00397. The molecule has 136 valence electrons. The molecule has 1 aliphatic carbocycles. The maximum atomic E-state index is 13.4. The number of benzene rings is 1. The molecule has 6 heteroatoms. The maximum absolute atomic E-state index is 13.4. The highest BCUT2D eigenvalue weighted by Gasteiger charge is 2.34. The molecular formula is C20H21FN2O3. The lowest BCUT2D eigenvalue weighted by atomic mass is 9.95. The molecule has 1 N–H and O–H groups in total. The fourth-order valence-electron chi connectivity index (χ4n) is 3.71. The summed E-state index contributed by atoms with van der Waals surface area (Å²) in [7, 11) is 0. The predicted octanol–water partition coefficient (Wildman–Crippen LogP) is 3.06. The molecule has 1 saturated carbocycles. The van der Waals surface area contributed by atoms with Gasteiger partial charge in [-0.2, -0.15) is 0 Å². The van der Waals surface area contributed by atoms with Crippen molar-refractivity contribution in [2.24, 2.45) is 0 Å². The molecule has 0 bridgehead atoms. The topological polar surface area (TPSA) is 62.7 Å². The van der Waals surface area contributed by atoms with E-state index in [1.165, 1.54) is 12.1 Å². The van der Waals surface area contributed by atoms with Gasteiger partial charge in [0.05, 0.1) is 6.10 Å². The summed E-state index contributed by atoms with van der Waals surface area (Å²) in [6, 6.07) is 8.06. The standard InChI is InChI=1S/C20H21FN2O3/c21-15-5-3-4-13(10-15)11-23-12-14-8-9-22-19(18(14)20(23)25)26-17-7-2-1-6-16(17)24/h3-5,8-10,16-17,24H,1-2,6-7,11-12H2/t16-,17-/m0/s1. The molecule has 2 atom stereocenters. The molecule has 4 rings (SSSR count). The van der Waals surface area contributed by atoms with Crippen molar-refractivity contribution in [3.05, 3.63) is 59.0 Å². The van der Waals surface area contributed by atoms with Crippen LogP contribution in [0.5, 0.6) is 5.88 Å². The van der Waals surface area contributed by atoms with Crippen molar-refractivity contribution in [3.63, 3.8) is 0 Å². The van der Waals surface area contributed by atoms with Gasteiger partial charge in [-0.15, -0.1) is 0 Å². The first-order valence-electron chi connectivity index (χ1n) is 8.98.